The molecule has 0 atom stereocenters. The molecule has 0 bridgehead atoms. The van der Waals surface area contributed by atoms with Gasteiger partial charge in [0, 0.05) is 0 Å². The topological polar surface area (TPSA) is 69.4 Å². The normalized spacial score (nSPS) is 31.5. The maximum atomic E-state index is 10.6. The molecule has 1 rings (SSSR count). The van der Waals surface area contributed by atoms with E-state index in [4.69, 9.17) is 9.92 Å². The molecule has 0 heterocycles. The van der Waals surface area contributed by atoms with Gasteiger partial charge < -0.3 is 5.73 Å². The van der Waals surface area contributed by atoms with Crippen LogP contribution in [0.3, 0.4) is 0 Å². The predicted molar refractivity (Wildman–Crippen MR) is 41.5 cm³/mol. The first-order chi connectivity index (χ1) is 5.01. The molecule has 0 spiro atoms. The Kier molecular flexibility index (Phi) is 2.51. The van der Waals surface area contributed by atoms with Gasteiger partial charge in [0.1, 0.15) is 0 Å². The first-order valence-electron chi connectivity index (χ1n) is 3.59. The van der Waals surface area contributed by atoms with Gasteiger partial charge in [-0.1, -0.05) is 0 Å². The van der Waals surface area contributed by atoms with Crippen molar-refractivity contribution < 1.29 is 12.6 Å². The lowest BCUT2D eigenvalue weighted by molar-refractivity contribution is 0.0761. The van der Waals surface area contributed by atoms with Crippen molar-refractivity contribution in [3.8, 4) is 0 Å². The lowest BCUT2D eigenvalue weighted by atomic mass is 9.83. The third-order valence-corrected chi connectivity index (χ3v) is 2.46. The van der Waals surface area contributed by atoms with Crippen LogP contribution >= 0.6 is 0 Å². The molecule has 11 heavy (non-hydrogen) atoms. The Hall–Kier alpha value is -0.130. The van der Waals surface area contributed by atoms with Gasteiger partial charge in [-0.3, -0.25) is 4.18 Å². The van der Waals surface area contributed by atoms with E-state index in [0.29, 0.717) is 12.5 Å². The highest BCUT2D eigenvalue weighted by Crippen LogP contribution is 2.29. The van der Waals surface area contributed by atoms with E-state index in [1.54, 1.807) is 0 Å². The Morgan fingerprint density at radius 1 is 1.55 bits per heavy atom. The van der Waals surface area contributed by atoms with Crippen LogP contribution in [0.15, 0.2) is 0 Å². The highest BCUT2D eigenvalue weighted by Gasteiger charge is 2.31. The second-order valence-electron chi connectivity index (χ2n) is 3.00. The monoisotopic (exact) mass is 179 g/mol. The number of hydrogen-bond acceptors (Lipinski definition) is 4. The molecule has 0 unspecified atom stereocenters. The van der Waals surface area contributed by atoms with Crippen molar-refractivity contribution in [1.82, 2.24) is 0 Å². The maximum absolute atomic E-state index is 10.6. The van der Waals surface area contributed by atoms with Gasteiger partial charge in [0.15, 0.2) is 0 Å². The Balaban J connectivity index is 2.24. The summed E-state index contributed by atoms with van der Waals surface area (Å²) < 4.78 is 25.9. The standard InChI is InChI=1S/C6H13NO3S/c1-11(8,9)10-6-2-5(3-6)4-7/h5-6H,2-4,7H2,1H3. The molecule has 1 fully saturated rings. The predicted octanol–water partition coefficient (Wildman–Crippen LogP) is -0.300. The molecule has 0 aromatic heterocycles. The number of rotatable bonds is 3. The van der Waals surface area contributed by atoms with Crippen LogP contribution in [-0.2, 0) is 14.3 Å². The largest absolute Gasteiger partial charge is 0.330 e. The molecular formula is C6H13NO3S. The van der Waals surface area contributed by atoms with Crippen LogP contribution in [0, 0.1) is 5.92 Å². The summed E-state index contributed by atoms with van der Waals surface area (Å²) in [6.45, 7) is 0.629. The van der Waals surface area contributed by atoms with Crippen LogP contribution in [0.4, 0.5) is 0 Å². The van der Waals surface area contributed by atoms with E-state index in [9.17, 15) is 8.42 Å². The summed E-state index contributed by atoms with van der Waals surface area (Å²) in [4.78, 5) is 0. The number of nitrogens with two attached hydrogens (primary N) is 1. The summed E-state index contributed by atoms with van der Waals surface area (Å²) in [5.41, 5.74) is 5.35. The summed E-state index contributed by atoms with van der Waals surface area (Å²) in [5.74, 6) is 0.460. The zero-order valence-electron chi connectivity index (χ0n) is 6.49. The van der Waals surface area contributed by atoms with Gasteiger partial charge in [-0.15, -0.1) is 0 Å². The Labute approximate surface area is 66.8 Å². The average molecular weight is 179 g/mol. The van der Waals surface area contributed by atoms with Crippen LogP contribution in [0.1, 0.15) is 12.8 Å². The molecule has 0 aromatic rings. The van der Waals surface area contributed by atoms with Crippen molar-refractivity contribution in [2.75, 3.05) is 12.8 Å². The zero-order chi connectivity index (χ0) is 8.48. The third kappa shape index (κ3) is 2.76. The second kappa shape index (κ2) is 3.08. The van der Waals surface area contributed by atoms with Gasteiger partial charge in [0.25, 0.3) is 10.1 Å². The summed E-state index contributed by atoms with van der Waals surface area (Å²) in [6.07, 6.45) is 2.52. The molecular weight excluding hydrogens is 166 g/mol. The molecule has 0 aromatic carbocycles. The van der Waals surface area contributed by atoms with Crippen molar-refractivity contribution in [3.05, 3.63) is 0 Å². The fraction of sp³-hybridized carbons (Fsp3) is 1.00. The molecule has 0 radical (unpaired) electrons. The van der Waals surface area contributed by atoms with Crippen molar-refractivity contribution in [2.24, 2.45) is 11.7 Å². The van der Waals surface area contributed by atoms with Gasteiger partial charge in [0.05, 0.1) is 12.4 Å². The van der Waals surface area contributed by atoms with Crippen LogP contribution in [-0.4, -0.2) is 27.3 Å². The smallest absolute Gasteiger partial charge is 0.264 e. The van der Waals surface area contributed by atoms with E-state index in [2.05, 4.69) is 0 Å². The lowest BCUT2D eigenvalue weighted by Crippen LogP contribution is -2.36. The fourth-order valence-electron chi connectivity index (χ4n) is 1.19. The highest BCUT2D eigenvalue weighted by atomic mass is 32.2. The third-order valence-electron chi connectivity index (χ3n) is 1.84. The van der Waals surface area contributed by atoms with Crippen molar-refractivity contribution in [2.45, 2.75) is 18.9 Å². The molecule has 1 saturated carbocycles. The zero-order valence-corrected chi connectivity index (χ0v) is 7.30. The van der Waals surface area contributed by atoms with E-state index in [1.165, 1.54) is 0 Å². The van der Waals surface area contributed by atoms with Gasteiger partial charge in [-0.25, -0.2) is 0 Å². The minimum absolute atomic E-state index is 0.112. The second-order valence-corrected chi connectivity index (χ2v) is 4.60. The molecule has 1 aliphatic carbocycles. The molecule has 0 amide bonds. The summed E-state index contributed by atoms with van der Waals surface area (Å²) in [5, 5.41) is 0. The lowest BCUT2D eigenvalue weighted by Gasteiger charge is -2.32. The van der Waals surface area contributed by atoms with Crippen LogP contribution in [0.5, 0.6) is 0 Å². The summed E-state index contributed by atoms with van der Waals surface area (Å²) in [7, 11) is -3.26. The summed E-state index contributed by atoms with van der Waals surface area (Å²) >= 11 is 0. The molecule has 0 aliphatic heterocycles. The first-order valence-corrected chi connectivity index (χ1v) is 5.41. The van der Waals surface area contributed by atoms with Gasteiger partial charge >= 0.3 is 0 Å². The molecule has 5 heteroatoms. The van der Waals surface area contributed by atoms with Crippen LogP contribution in [0.25, 0.3) is 0 Å². The molecule has 4 nitrogen and oxygen atoms in total. The quantitative estimate of drug-likeness (QED) is 0.604. The minimum Gasteiger partial charge on any atom is -0.330 e. The van der Waals surface area contributed by atoms with Crippen LogP contribution < -0.4 is 5.73 Å². The van der Waals surface area contributed by atoms with Crippen LogP contribution in [0.2, 0.25) is 0 Å². The van der Waals surface area contributed by atoms with E-state index < -0.39 is 10.1 Å². The van der Waals surface area contributed by atoms with Crippen molar-refractivity contribution >= 4 is 10.1 Å². The van der Waals surface area contributed by atoms with Gasteiger partial charge in [0.2, 0.25) is 0 Å². The Morgan fingerprint density at radius 3 is 2.45 bits per heavy atom. The van der Waals surface area contributed by atoms with Gasteiger partial charge in [-0.2, -0.15) is 8.42 Å². The Morgan fingerprint density at radius 2 is 2.09 bits per heavy atom. The highest BCUT2D eigenvalue weighted by molar-refractivity contribution is 7.86. The fourth-order valence-corrected chi connectivity index (χ4v) is 1.84. The molecule has 0 saturated heterocycles. The van der Waals surface area contributed by atoms with E-state index in [-0.39, 0.29) is 6.10 Å². The number of hydrogen-bond donors (Lipinski definition) is 1. The summed E-state index contributed by atoms with van der Waals surface area (Å²) in [6, 6.07) is 0. The Bertz CT molecular complexity index is 218. The molecule has 2 N–H and O–H groups in total. The van der Waals surface area contributed by atoms with Gasteiger partial charge in [-0.05, 0) is 25.3 Å². The van der Waals surface area contributed by atoms with Crippen molar-refractivity contribution in [1.29, 1.82) is 0 Å². The minimum atomic E-state index is -3.26. The average Bonchev–Trinajstić information content (AvgIpc) is 1.75. The van der Waals surface area contributed by atoms with E-state index in [1.807, 2.05) is 0 Å². The van der Waals surface area contributed by atoms with E-state index in [0.717, 1.165) is 19.1 Å². The molecule has 1 aliphatic rings. The maximum Gasteiger partial charge on any atom is 0.264 e. The molecule has 66 valence electrons. The SMILES string of the molecule is CS(=O)(=O)OC1CC(CN)C1. The van der Waals surface area contributed by atoms with Crippen molar-refractivity contribution in [3.63, 3.8) is 0 Å². The van der Waals surface area contributed by atoms with E-state index >= 15 is 0 Å². The first kappa shape index (κ1) is 8.96.